The van der Waals surface area contributed by atoms with Gasteiger partial charge in [0.15, 0.2) is 0 Å². The molecule has 0 saturated heterocycles. The van der Waals surface area contributed by atoms with Crippen molar-refractivity contribution in [1.29, 1.82) is 5.26 Å². The topological polar surface area (TPSA) is 81.3 Å². The minimum absolute atomic E-state index is 0.0319. The zero-order chi connectivity index (χ0) is 7.98. The van der Waals surface area contributed by atoms with Crippen molar-refractivity contribution in [2.24, 2.45) is 5.92 Å². The molecule has 0 amide bonds. The summed E-state index contributed by atoms with van der Waals surface area (Å²) in [6.45, 7) is -0.182. The summed E-state index contributed by atoms with van der Waals surface area (Å²) in [6, 6.07) is 1.74. The lowest BCUT2D eigenvalue weighted by Gasteiger charge is -2.03. The molecule has 0 fully saturated rings. The van der Waals surface area contributed by atoms with E-state index < -0.39 is 11.9 Å². The van der Waals surface area contributed by atoms with Gasteiger partial charge in [0.2, 0.25) is 0 Å². The Balaban J connectivity index is 3.75. The van der Waals surface area contributed by atoms with Crippen molar-refractivity contribution in [2.45, 2.75) is 12.8 Å². The van der Waals surface area contributed by atoms with Crippen LogP contribution in [0.4, 0.5) is 0 Å². The fraction of sp³-hybridized carbons (Fsp3) is 0.667. The van der Waals surface area contributed by atoms with Crippen molar-refractivity contribution in [3.8, 4) is 6.07 Å². The third-order valence-electron chi connectivity index (χ3n) is 1.16. The molecule has 0 aromatic carbocycles. The summed E-state index contributed by atoms with van der Waals surface area (Å²) in [4.78, 5) is 10.2. The van der Waals surface area contributed by atoms with Crippen LogP contribution in [0.1, 0.15) is 12.8 Å². The molecule has 0 rings (SSSR count). The van der Waals surface area contributed by atoms with Crippen LogP contribution in [0, 0.1) is 17.2 Å². The van der Waals surface area contributed by atoms with Crippen LogP contribution in [-0.4, -0.2) is 22.8 Å². The first-order chi connectivity index (χ1) is 4.72. The molecule has 4 nitrogen and oxygen atoms in total. The summed E-state index contributed by atoms with van der Waals surface area (Å²) < 4.78 is 0. The summed E-state index contributed by atoms with van der Waals surface area (Å²) in [6.07, 6.45) is 0.124. The van der Waals surface area contributed by atoms with Crippen molar-refractivity contribution in [2.75, 3.05) is 6.61 Å². The third kappa shape index (κ3) is 3.05. The largest absolute Gasteiger partial charge is 0.481 e. The fourth-order valence-electron chi connectivity index (χ4n) is 0.579. The van der Waals surface area contributed by atoms with Crippen LogP contribution < -0.4 is 0 Å². The lowest BCUT2D eigenvalue weighted by molar-refractivity contribution is -0.142. The Morgan fingerprint density at radius 2 is 2.30 bits per heavy atom. The minimum Gasteiger partial charge on any atom is -0.481 e. The molecule has 10 heavy (non-hydrogen) atoms. The number of nitriles is 1. The second kappa shape index (κ2) is 4.77. The molecule has 0 bridgehead atoms. The Labute approximate surface area is 58.7 Å². The van der Waals surface area contributed by atoms with Crippen LogP contribution in [0.2, 0.25) is 0 Å². The van der Waals surface area contributed by atoms with Crippen molar-refractivity contribution >= 4 is 5.97 Å². The van der Waals surface area contributed by atoms with E-state index in [4.69, 9.17) is 15.5 Å². The molecule has 0 heterocycles. The van der Waals surface area contributed by atoms with Gasteiger partial charge < -0.3 is 10.2 Å². The Hall–Kier alpha value is -1.08. The Morgan fingerprint density at radius 1 is 1.70 bits per heavy atom. The SMILES string of the molecule is N#CCC(CCO)C(=O)O. The quantitative estimate of drug-likeness (QED) is 0.579. The molecule has 56 valence electrons. The predicted octanol–water partition coefficient (Wildman–Crippen LogP) is -0.0167. The van der Waals surface area contributed by atoms with Gasteiger partial charge in [0.05, 0.1) is 12.0 Å². The maximum atomic E-state index is 10.2. The van der Waals surface area contributed by atoms with Crippen LogP contribution in [0.25, 0.3) is 0 Å². The molecule has 1 unspecified atom stereocenters. The summed E-state index contributed by atoms with van der Waals surface area (Å²) >= 11 is 0. The Bertz CT molecular complexity index is 150. The van der Waals surface area contributed by atoms with Crippen molar-refractivity contribution in [1.82, 2.24) is 0 Å². The second-order valence-corrected chi connectivity index (χ2v) is 1.91. The number of carboxylic acids is 1. The predicted molar refractivity (Wildman–Crippen MR) is 33.1 cm³/mol. The molecule has 0 radical (unpaired) electrons. The molecule has 0 aromatic rings. The number of hydrogen-bond acceptors (Lipinski definition) is 3. The number of aliphatic hydroxyl groups excluding tert-OH is 1. The molecule has 0 aliphatic rings. The van der Waals surface area contributed by atoms with Gasteiger partial charge in [-0.25, -0.2) is 0 Å². The van der Waals surface area contributed by atoms with Crippen LogP contribution in [-0.2, 0) is 4.79 Å². The van der Waals surface area contributed by atoms with Crippen molar-refractivity contribution < 1.29 is 15.0 Å². The Kier molecular flexibility index (Phi) is 4.25. The molecular formula is C6H9NO3. The number of aliphatic carboxylic acids is 1. The van der Waals surface area contributed by atoms with E-state index in [-0.39, 0.29) is 19.4 Å². The lowest BCUT2D eigenvalue weighted by Crippen LogP contribution is -2.14. The summed E-state index contributed by atoms with van der Waals surface area (Å²) in [5, 5.41) is 24.8. The molecule has 1 atom stereocenters. The zero-order valence-corrected chi connectivity index (χ0v) is 5.45. The number of hydrogen-bond donors (Lipinski definition) is 2. The van der Waals surface area contributed by atoms with Crippen LogP contribution in [0.15, 0.2) is 0 Å². The monoisotopic (exact) mass is 143 g/mol. The zero-order valence-electron chi connectivity index (χ0n) is 5.45. The average Bonchev–Trinajstić information content (AvgIpc) is 1.87. The van der Waals surface area contributed by atoms with Gasteiger partial charge in [0, 0.05) is 13.0 Å². The smallest absolute Gasteiger partial charge is 0.307 e. The molecule has 2 N–H and O–H groups in total. The van der Waals surface area contributed by atoms with E-state index in [1.165, 1.54) is 0 Å². The average molecular weight is 143 g/mol. The maximum absolute atomic E-state index is 10.2. The number of nitrogens with zero attached hydrogens (tertiary/aromatic N) is 1. The minimum atomic E-state index is -1.02. The number of carboxylic acid groups (broad SMARTS) is 1. The Morgan fingerprint density at radius 3 is 2.60 bits per heavy atom. The first kappa shape index (κ1) is 8.92. The highest BCUT2D eigenvalue weighted by atomic mass is 16.4. The van der Waals surface area contributed by atoms with E-state index in [1.807, 2.05) is 0 Å². The summed E-state index contributed by atoms with van der Waals surface area (Å²) in [7, 11) is 0. The van der Waals surface area contributed by atoms with Gasteiger partial charge in [-0.05, 0) is 6.42 Å². The van der Waals surface area contributed by atoms with Gasteiger partial charge >= 0.3 is 5.97 Å². The van der Waals surface area contributed by atoms with E-state index in [2.05, 4.69) is 0 Å². The van der Waals surface area contributed by atoms with Crippen LogP contribution >= 0.6 is 0 Å². The van der Waals surface area contributed by atoms with Crippen molar-refractivity contribution in [3.63, 3.8) is 0 Å². The third-order valence-corrected chi connectivity index (χ3v) is 1.16. The first-order valence-corrected chi connectivity index (χ1v) is 2.93. The number of rotatable bonds is 4. The van der Waals surface area contributed by atoms with Gasteiger partial charge in [0.1, 0.15) is 0 Å². The summed E-state index contributed by atoms with van der Waals surface area (Å²) in [5.74, 6) is -1.73. The van der Waals surface area contributed by atoms with Gasteiger partial charge in [-0.15, -0.1) is 0 Å². The van der Waals surface area contributed by atoms with E-state index in [0.29, 0.717) is 0 Å². The maximum Gasteiger partial charge on any atom is 0.307 e. The summed E-state index contributed by atoms with van der Waals surface area (Å²) in [5.41, 5.74) is 0. The highest BCUT2D eigenvalue weighted by Crippen LogP contribution is 2.06. The van der Waals surface area contributed by atoms with Crippen LogP contribution in [0.5, 0.6) is 0 Å². The highest BCUT2D eigenvalue weighted by molar-refractivity contribution is 5.70. The van der Waals surface area contributed by atoms with E-state index >= 15 is 0 Å². The lowest BCUT2D eigenvalue weighted by atomic mass is 10.0. The molecule has 0 spiro atoms. The highest BCUT2D eigenvalue weighted by Gasteiger charge is 2.15. The standard InChI is InChI=1S/C6H9NO3/c7-3-1-5(2-4-8)6(9)10/h5,8H,1-2,4H2,(H,9,10). The van der Waals surface area contributed by atoms with E-state index in [0.717, 1.165) is 0 Å². The van der Waals surface area contributed by atoms with Gasteiger partial charge in [-0.1, -0.05) is 0 Å². The molecule has 4 heteroatoms. The first-order valence-electron chi connectivity index (χ1n) is 2.93. The van der Waals surface area contributed by atoms with Gasteiger partial charge in [-0.2, -0.15) is 5.26 Å². The van der Waals surface area contributed by atoms with Gasteiger partial charge in [0.25, 0.3) is 0 Å². The van der Waals surface area contributed by atoms with E-state index in [9.17, 15) is 4.79 Å². The molecule has 0 aliphatic carbocycles. The fourth-order valence-corrected chi connectivity index (χ4v) is 0.579. The van der Waals surface area contributed by atoms with Gasteiger partial charge in [-0.3, -0.25) is 4.79 Å². The van der Waals surface area contributed by atoms with Crippen LogP contribution in [0.3, 0.4) is 0 Å². The second-order valence-electron chi connectivity index (χ2n) is 1.91. The number of carbonyl (C=O) groups is 1. The molecular weight excluding hydrogens is 134 g/mol. The van der Waals surface area contributed by atoms with E-state index in [1.54, 1.807) is 6.07 Å². The normalized spacial score (nSPS) is 12.0. The number of aliphatic hydroxyl groups is 1. The molecule has 0 saturated carbocycles. The molecule has 0 aromatic heterocycles. The molecule has 0 aliphatic heterocycles. The van der Waals surface area contributed by atoms with Crippen molar-refractivity contribution in [3.05, 3.63) is 0 Å².